The van der Waals surface area contributed by atoms with Gasteiger partial charge in [-0.2, -0.15) is 0 Å². The van der Waals surface area contributed by atoms with E-state index in [-0.39, 0.29) is 12.0 Å². The molecule has 0 saturated carbocycles. The minimum Gasteiger partial charge on any atom is -0.459 e. The molecule has 0 aliphatic heterocycles. The maximum Gasteiger partial charge on any atom is 0.323 e. The third-order valence-electron chi connectivity index (χ3n) is 2.26. The molecule has 0 heterocycles. The molecule has 0 spiro atoms. The normalized spacial score (nSPS) is 13.2. The molecule has 0 saturated heterocycles. The minimum atomic E-state index is -0.455. The molecule has 0 amide bonds. The van der Waals surface area contributed by atoms with Gasteiger partial charge in [0, 0.05) is 11.6 Å². The summed E-state index contributed by atoms with van der Waals surface area (Å²) in [4.78, 5) is 11.7. The fourth-order valence-electron chi connectivity index (χ4n) is 1.39. The highest BCUT2D eigenvalue weighted by Gasteiger charge is 2.21. The van der Waals surface area contributed by atoms with Crippen molar-refractivity contribution in [3.05, 3.63) is 34.9 Å². The van der Waals surface area contributed by atoms with Crippen LogP contribution in [0.4, 0.5) is 0 Å². The van der Waals surface area contributed by atoms with Gasteiger partial charge in [0.15, 0.2) is 0 Å². The molecule has 18 heavy (non-hydrogen) atoms. The maximum atomic E-state index is 11.7. The summed E-state index contributed by atoms with van der Waals surface area (Å²) in [5, 5.41) is 3.81. The minimum absolute atomic E-state index is 0.246. The summed E-state index contributed by atoms with van der Waals surface area (Å²) in [5.74, 6) is -0.246. The van der Waals surface area contributed by atoms with Crippen molar-refractivity contribution in [3.8, 4) is 0 Å². The molecular formula is C14H20ClNO2. The average Bonchev–Trinajstić information content (AvgIpc) is 2.23. The topological polar surface area (TPSA) is 38.3 Å². The number of carbonyl (C=O) groups is 1. The predicted molar refractivity (Wildman–Crippen MR) is 73.6 cm³/mol. The van der Waals surface area contributed by atoms with Crippen molar-refractivity contribution in [1.82, 2.24) is 5.32 Å². The van der Waals surface area contributed by atoms with Crippen LogP contribution in [-0.2, 0) is 16.1 Å². The van der Waals surface area contributed by atoms with E-state index in [9.17, 15) is 4.79 Å². The van der Waals surface area contributed by atoms with Gasteiger partial charge in [-0.05, 0) is 45.4 Å². The number of benzene rings is 1. The van der Waals surface area contributed by atoms with Crippen LogP contribution in [0.2, 0.25) is 5.02 Å². The summed E-state index contributed by atoms with van der Waals surface area (Å²) in [6.07, 6.45) is 0. The molecule has 100 valence electrons. The first-order valence-corrected chi connectivity index (χ1v) is 6.36. The molecule has 1 N–H and O–H groups in total. The van der Waals surface area contributed by atoms with Crippen molar-refractivity contribution in [2.75, 3.05) is 0 Å². The zero-order chi connectivity index (χ0) is 13.8. The molecule has 1 aromatic carbocycles. The molecule has 0 radical (unpaired) electrons. The number of hydrogen-bond acceptors (Lipinski definition) is 3. The molecule has 1 unspecified atom stereocenters. The fourth-order valence-corrected chi connectivity index (χ4v) is 1.60. The Morgan fingerprint density at radius 3 is 2.67 bits per heavy atom. The number of carbonyl (C=O) groups excluding carboxylic acids is 1. The summed E-state index contributed by atoms with van der Waals surface area (Å²) in [6.45, 7) is 7.94. The largest absolute Gasteiger partial charge is 0.459 e. The second kappa shape index (κ2) is 6.21. The van der Waals surface area contributed by atoms with E-state index in [1.807, 2.05) is 45.0 Å². The summed E-state index contributed by atoms with van der Waals surface area (Å²) < 4.78 is 5.28. The molecular weight excluding hydrogens is 250 g/mol. The molecule has 1 aromatic rings. The number of hydrogen-bond donors (Lipinski definition) is 1. The van der Waals surface area contributed by atoms with Gasteiger partial charge in [-0.25, -0.2) is 0 Å². The van der Waals surface area contributed by atoms with Crippen LogP contribution in [0.15, 0.2) is 24.3 Å². The highest BCUT2D eigenvalue weighted by molar-refractivity contribution is 6.30. The molecule has 4 heteroatoms. The van der Waals surface area contributed by atoms with E-state index in [0.717, 1.165) is 5.56 Å². The number of ether oxygens (including phenoxy) is 1. The van der Waals surface area contributed by atoms with Gasteiger partial charge in [-0.3, -0.25) is 4.79 Å². The predicted octanol–water partition coefficient (Wildman–Crippen LogP) is 3.16. The number of esters is 1. The van der Waals surface area contributed by atoms with Gasteiger partial charge in [0.25, 0.3) is 0 Å². The Labute approximate surface area is 113 Å². The zero-order valence-electron chi connectivity index (χ0n) is 11.3. The van der Waals surface area contributed by atoms with E-state index < -0.39 is 5.60 Å². The van der Waals surface area contributed by atoms with E-state index in [1.165, 1.54) is 0 Å². The molecule has 0 bridgehead atoms. The van der Waals surface area contributed by atoms with Gasteiger partial charge in [-0.1, -0.05) is 23.7 Å². The van der Waals surface area contributed by atoms with Gasteiger partial charge in [0.05, 0.1) is 0 Å². The Kier molecular flexibility index (Phi) is 5.17. The Hall–Kier alpha value is -1.06. The summed E-state index contributed by atoms with van der Waals surface area (Å²) in [6, 6.07) is 7.19. The van der Waals surface area contributed by atoms with E-state index in [4.69, 9.17) is 16.3 Å². The van der Waals surface area contributed by atoms with E-state index in [2.05, 4.69) is 5.32 Å². The van der Waals surface area contributed by atoms with Crippen LogP contribution in [0, 0.1) is 0 Å². The van der Waals surface area contributed by atoms with Crippen LogP contribution in [0.1, 0.15) is 33.3 Å². The quantitative estimate of drug-likeness (QED) is 0.854. The first-order valence-electron chi connectivity index (χ1n) is 5.98. The third kappa shape index (κ3) is 5.52. The van der Waals surface area contributed by atoms with Crippen LogP contribution in [0.3, 0.4) is 0 Å². The first-order chi connectivity index (χ1) is 8.28. The van der Waals surface area contributed by atoms with E-state index >= 15 is 0 Å². The molecule has 0 aliphatic rings. The lowest BCUT2D eigenvalue weighted by Crippen LogP contribution is -2.38. The van der Waals surface area contributed by atoms with Crippen molar-refractivity contribution in [1.29, 1.82) is 0 Å². The van der Waals surface area contributed by atoms with Crippen LogP contribution >= 0.6 is 11.6 Å². The molecule has 3 nitrogen and oxygen atoms in total. The monoisotopic (exact) mass is 269 g/mol. The number of rotatable bonds is 4. The van der Waals surface area contributed by atoms with Gasteiger partial charge in [0.1, 0.15) is 11.6 Å². The molecule has 0 aromatic heterocycles. The highest BCUT2D eigenvalue weighted by atomic mass is 35.5. The van der Waals surface area contributed by atoms with Crippen LogP contribution in [0.5, 0.6) is 0 Å². The summed E-state index contributed by atoms with van der Waals surface area (Å²) >= 11 is 5.89. The lowest BCUT2D eigenvalue weighted by atomic mass is 10.2. The lowest BCUT2D eigenvalue weighted by Gasteiger charge is -2.22. The molecule has 1 atom stereocenters. The SMILES string of the molecule is CC(NCc1cccc(Cl)c1)C(=O)OC(C)(C)C. The number of nitrogens with one attached hydrogen (secondary N) is 1. The standard InChI is InChI=1S/C14H20ClNO2/c1-10(13(17)18-14(2,3)4)16-9-11-6-5-7-12(15)8-11/h5-8,10,16H,9H2,1-4H3. The molecule has 0 fully saturated rings. The fraction of sp³-hybridized carbons (Fsp3) is 0.500. The third-order valence-corrected chi connectivity index (χ3v) is 2.50. The van der Waals surface area contributed by atoms with Gasteiger partial charge >= 0.3 is 5.97 Å². The Bertz CT molecular complexity index is 413. The number of halogens is 1. The van der Waals surface area contributed by atoms with Gasteiger partial charge in [0.2, 0.25) is 0 Å². The zero-order valence-corrected chi connectivity index (χ0v) is 12.0. The smallest absolute Gasteiger partial charge is 0.323 e. The lowest BCUT2D eigenvalue weighted by molar-refractivity contribution is -0.157. The Balaban J connectivity index is 2.46. The maximum absolute atomic E-state index is 11.7. The summed E-state index contributed by atoms with van der Waals surface area (Å²) in [7, 11) is 0. The van der Waals surface area contributed by atoms with Crippen LogP contribution < -0.4 is 5.32 Å². The second-order valence-corrected chi connectivity index (χ2v) is 5.70. The molecule has 1 rings (SSSR count). The molecule has 0 aliphatic carbocycles. The second-order valence-electron chi connectivity index (χ2n) is 5.27. The van der Waals surface area contributed by atoms with Gasteiger partial charge < -0.3 is 10.1 Å². The summed E-state index contributed by atoms with van der Waals surface area (Å²) in [5.41, 5.74) is 0.584. The van der Waals surface area contributed by atoms with E-state index in [0.29, 0.717) is 11.6 Å². The van der Waals surface area contributed by atoms with Crippen LogP contribution in [-0.4, -0.2) is 17.6 Å². The average molecular weight is 270 g/mol. The van der Waals surface area contributed by atoms with Crippen molar-refractivity contribution in [2.24, 2.45) is 0 Å². The van der Waals surface area contributed by atoms with Crippen molar-refractivity contribution >= 4 is 17.6 Å². The van der Waals surface area contributed by atoms with Crippen molar-refractivity contribution < 1.29 is 9.53 Å². The highest BCUT2D eigenvalue weighted by Crippen LogP contribution is 2.11. The Morgan fingerprint density at radius 2 is 2.11 bits per heavy atom. The van der Waals surface area contributed by atoms with Crippen molar-refractivity contribution in [3.63, 3.8) is 0 Å². The van der Waals surface area contributed by atoms with Crippen molar-refractivity contribution in [2.45, 2.75) is 45.9 Å². The van der Waals surface area contributed by atoms with Crippen LogP contribution in [0.25, 0.3) is 0 Å². The van der Waals surface area contributed by atoms with E-state index in [1.54, 1.807) is 6.92 Å². The first kappa shape index (κ1) is 15.0. The van der Waals surface area contributed by atoms with Gasteiger partial charge in [-0.15, -0.1) is 0 Å². The Morgan fingerprint density at radius 1 is 1.44 bits per heavy atom.